The van der Waals surface area contributed by atoms with Gasteiger partial charge in [-0.1, -0.05) is 41.5 Å². The van der Waals surface area contributed by atoms with Crippen LogP contribution >= 0.6 is 0 Å². The van der Waals surface area contributed by atoms with Gasteiger partial charge in [0.1, 0.15) is 12.4 Å². The first kappa shape index (κ1) is 14.2. The van der Waals surface area contributed by atoms with Crippen LogP contribution in [0.3, 0.4) is 0 Å². The number of hydrogen-bond acceptors (Lipinski definition) is 2. The molecule has 0 fully saturated rings. The molecule has 0 radical (unpaired) electrons. The fourth-order valence-electron chi connectivity index (χ4n) is 3.24. The molecule has 0 aromatic heterocycles. The Morgan fingerprint density at radius 1 is 1.14 bits per heavy atom. The summed E-state index contributed by atoms with van der Waals surface area (Å²) >= 11 is 0. The van der Waals surface area contributed by atoms with Crippen molar-refractivity contribution in [2.75, 3.05) is 0 Å². The number of benzene rings is 2. The molecule has 2 aromatic rings. The molecule has 3 rings (SSSR count). The summed E-state index contributed by atoms with van der Waals surface area (Å²) in [6, 6.07) is 12.5. The molecule has 0 saturated carbocycles. The summed E-state index contributed by atoms with van der Waals surface area (Å²) in [5.41, 5.74) is 5.94. The van der Waals surface area contributed by atoms with Crippen molar-refractivity contribution in [1.29, 1.82) is 0 Å². The van der Waals surface area contributed by atoms with E-state index in [1.165, 1.54) is 22.3 Å². The Labute approximate surface area is 126 Å². The Hall–Kier alpha value is -1.80. The van der Waals surface area contributed by atoms with E-state index in [1.54, 1.807) is 0 Å². The highest BCUT2D eigenvalue weighted by molar-refractivity contribution is 5.43. The number of ether oxygens (including phenoxy) is 1. The van der Waals surface area contributed by atoms with Crippen LogP contribution in [0.15, 0.2) is 36.4 Å². The van der Waals surface area contributed by atoms with Gasteiger partial charge < -0.3 is 9.84 Å². The Kier molecular flexibility index (Phi) is 3.98. The van der Waals surface area contributed by atoms with Crippen molar-refractivity contribution in [3.05, 3.63) is 64.2 Å². The summed E-state index contributed by atoms with van der Waals surface area (Å²) in [4.78, 5) is 0. The molecule has 0 spiro atoms. The molecule has 0 amide bonds. The van der Waals surface area contributed by atoms with Gasteiger partial charge in [0.05, 0.1) is 6.10 Å². The topological polar surface area (TPSA) is 29.5 Å². The lowest BCUT2D eigenvalue weighted by molar-refractivity contribution is 0.155. The number of fused-ring (bicyclic) bond motifs is 1. The molecule has 1 aliphatic rings. The van der Waals surface area contributed by atoms with Crippen LogP contribution in [0.1, 0.15) is 46.8 Å². The van der Waals surface area contributed by atoms with E-state index in [4.69, 9.17) is 4.74 Å². The second kappa shape index (κ2) is 5.90. The molecule has 2 heteroatoms. The molecule has 110 valence electrons. The Morgan fingerprint density at radius 3 is 2.67 bits per heavy atom. The monoisotopic (exact) mass is 282 g/mol. The average Bonchev–Trinajstić information content (AvgIpc) is 2.45. The highest BCUT2D eigenvalue weighted by Gasteiger charge is 2.20. The molecule has 0 aliphatic heterocycles. The summed E-state index contributed by atoms with van der Waals surface area (Å²) in [7, 11) is 0. The first-order valence-electron chi connectivity index (χ1n) is 7.63. The largest absolute Gasteiger partial charge is 0.489 e. The Bertz CT molecular complexity index is 626. The van der Waals surface area contributed by atoms with Gasteiger partial charge in [0.2, 0.25) is 0 Å². The first-order valence-corrected chi connectivity index (χ1v) is 7.63. The van der Waals surface area contributed by atoms with Crippen LogP contribution in [0.5, 0.6) is 5.75 Å². The molecule has 2 nitrogen and oxygen atoms in total. The molecule has 0 heterocycles. The summed E-state index contributed by atoms with van der Waals surface area (Å²) in [5, 5.41) is 10.1. The minimum absolute atomic E-state index is 0.335. The molecule has 1 aliphatic carbocycles. The van der Waals surface area contributed by atoms with Gasteiger partial charge in [-0.05, 0) is 55.9 Å². The normalized spacial score (nSPS) is 17.4. The van der Waals surface area contributed by atoms with Crippen LogP contribution < -0.4 is 4.74 Å². The zero-order valence-electron chi connectivity index (χ0n) is 12.7. The van der Waals surface area contributed by atoms with E-state index in [-0.39, 0.29) is 6.10 Å². The highest BCUT2D eigenvalue weighted by Crippen LogP contribution is 2.35. The van der Waals surface area contributed by atoms with Crippen LogP contribution in [0.2, 0.25) is 0 Å². The van der Waals surface area contributed by atoms with Gasteiger partial charge in [-0.3, -0.25) is 0 Å². The fourth-order valence-corrected chi connectivity index (χ4v) is 3.24. The van der Waals surface area contributed by atoms with Gasteiger partial charge in [0.25, 0.3) is 0 Å². The highest BCUT2D eigenvalue weighted by atomic mass is 16.5. The molecular formula is C19H22O2. The van der Waals surface area contributed by atoms with E-state index in [0.717, 1.165) is 30.6 Å². The zero-order chi connectivity index (χ0) is 14.8. The van der Waals surface area contributed by atoms with E-state index in [2.05, 4.69) is 32.0 Å². The van der Waals surface area contributed by atoms with E-state index >= 15 is 0 Å². The minimum Gasteiger partial charge on any atom is -0.489 e. The van der Waals surface area contributed by atoms with Crippen molar-refractivity contribution in [2.45, 2.75) is 45.8 Å². The molecule has 1 N–H and O–H groups in total. The standard InChI is InChI=1S/C19H22O2/c1-13-9-14(2)11-15(10-13)12-21-19-8-4-5-16-17(19)6-3-7-18(16)20/h4-5,8-11,18,20H,3,6-7,12H2,1-2H3. The van der Waals surface area contributed by atoms with Gasteiger partial charge in [0.15, 0.2) is 0 Å². The van der Waals surface area contributed by atoms with Crippen molar-refractivity contribution in [2.24, 2.45) is 0 Å². The van der Waals surface area contributed by atoms with Crippen LogP contribution in [-0.4, -0.2) is 5.11 Å². The van der Waals surface area contributed by atoms with Gasteiger partial charge in [-0.25, -0.2) is 0 Å². The molecule has 2 aromatic carbocycles. The van der Waals surface area contributed by atoms with E-state index in [0.29, 0.717) is 6.61 Å². The van der Waals surface area contributed by atoms with Crippen molar-refractivity contribution in [3.8, 4) is 5.75 Å². The lowest BCUT2D eigenvalue weighted by Crippen LogP contribution is -2.11. The van der Waals surface area contributed by atoms with E-state index in [1.807, 2.05) is 18.2 Å². The number of aryl methyl sites for hydroxylation is 2. The summed E-state index contributed by atoms with van der Waals surface area (Å²) in [5.74, 6) is 0.922. The Balaban J connectivity index is 1.81. The maximum atomic E-state index is 10.1. The molecule has 1 atom stereocenters. The number of aliphatic hydroxyl groups excluding tert-OH is 1. The van der Waals surface area contributed by atoms with Crippen molar-refractivity contribution in [1.82, 2.24) is 0 Å². The number of aliphatic hydroxyl groups is 1. The predicted octanol–water partition coefficient (Wildman–Crippen LogP) is 4.25. The fraction of sp³-hybridized carbons (Fsp3) is 0.368. The predicted molar refractivity (Wildman–Crippen MR) is 84.6 cm³/mol. The van der Waals surface area contributed by atoms with Crippen LogP contribution in [0.4, 0.5) is 0 Å². The lowest BCUT2D eigenvalue weighted by atomic mass is 9.89. The minimum atomic E-state index is -0.335. The van der Waals surface area contributed by atoms with E-state index in [9.17, 15) is 5.11 Å². The van der Waals surface area contributed by atoms with Crippen LogP contribution in [-0.2, 0) is 13.0 Å². The SMILES string of the molecule is Cc1cc(C)cc(COc2cccc3c2CCCC3O)c1. The summed E-state index contributed by atoms with van der Waals surface area (Å²) in [6.45, 7) is 4.80. The number of rotatable bonds is 3. The van der Waals surface area contributed by atoms with Gasteiger partial charge >= 0.3 is 0 Å². The van der Waals surface area contributed by atoms with Crippen molar-refractivity contribution in [3.63, 3.8) is 0 Å². The summed E-state index contributed by atoms with van der Waals surface area (Å²) < 4.78 is 6.04. The molecule has 0 saturated heterocycles. The first-order chi connectivity index (χ1) is 10.1. The third-order valence-corrected chi connectivity index (χ3v) is 4.11. The van der Waals surface area contributed by atoms with Gasteiger partial charge in [0, 0.05) is 0 Å². The van der Waals surface area contributed by atoms with Crippen LogP contribution in [0.25, 0.3) is 0 Å². The van der Waals surface area contributed by atoms with Crippen LogP contribution in [0, 0.1) is 13.8 Å². The van der Waals surface area contributed by atoms with Crippen molar-refractivity contribution >= 4 is 0 Å². The number of hydrogen-bond donors (Lipinski definition) is 1. The second-order valence-corrected chi connectivity index (χ2v) is 6.02. The maximum Gasteiger partial charge on any atom is 0.123 e. The van der Waals surface area contributed by atoms with Gasteiger partial charge in [-0.2, -0.15) is 0 Å². The average molecular weight is 282 g/mol. The molecule has 1 unspecified atom stereocenters. The molecular weight excluding hydrogens is 260 g/mol. The third kappa shape index (κ3) is 3.11. The maximum absolute atomic E-state index is 10.1. The molecule has 0 bridgehead atoms. The smallest absolute Gasteiger partial charge is 0.123 e. The van der Waals surface area contributed by atoms with Gasteiger partial charge in [-0.15, -0.1) is 0 Å². The molecule has 21 heavy (non-hydrogen) atoms. The lowest BCUT2D eigenvalue weighted by Gasteiger charge is -2.23. The third-order valence-electron chi connectivity index (χ3n) is 4.11. The van der Waals surface area contributed by atoms with Crippen molar-refractivity contribution < 1.29 is 9.84 Å². The van der Waals surface area contributed by atoms with E-state index < -0.39 is 0 Å². The summed E-state index contributed by atoms with van der Waals surface area (Å²) in [6.07, 6.45) is 2.54. The zero-order valence-corrected chi connectivity index (χ0v) is 12.7. The second-order valence-electron chi connectivity index (χ2n) is 6.02. The quantitative estimate of drug-likeness (QED) is 0.911. The Morgan fingerprint density at radius 2 is 1.90 bits per heavy atom.